The second kappa shape index (κ2) is 8.07. The maximum Gasteiger partial charge on any atom is 0.327 e. The number of nitrogens with one attached hydrogen (secondary N) is 2. The number of rotatable bonds is 5. The summed E-state index contributed by atoms with van der Waals surface area (Å²) in [6, 6.07) is 8.68. The lowest BCUT2D eigenvalue weighted by Gasteiger charge is -2.11. The molecule has 0 fully saturated rings. The van der Waals surface area contributed by atoms with Crippen molar-refractivity contribution in [3.8, 4) is 11.1 Å². The molecule has 0 saturated heterocycles. The molecule has 0 aliphatic carbocycles. The average Bonchev–Trinajstić information content (AvgIpc) is 2.62. The fourth-order valence-corrected chi connectivity index (χ4v) is 2.79. The van der Waals surface area contributed by atoms with Gasteiger partial charge in [-0.2, -0.15) is 0 Å². The molecule has 2 aromatic rings. The molecule has 26 heavy (non-hydrogen) atoms. The number of nitrogens with two attached hydrogens (primary N) is 1. The van der Waals surface area contributed by atoms with Gasteiger partial charge in [-0.15, -0.1) is 0 Å². The number of amides is 1. The Balaban J connectivity index is 2.29. The summed E-state index contributed by atoms with van der Waals surface area (Å²) in [5.74, 6) is 0. The molecule has 138 valence electrons. The molecule has 0 unspecified atom stereocenters. The van der Waals surface area contributed by atoms with Crippen molar-refractivity contribution in [3.05, 3.63) is 60.0 Å². The predicted molar refractivity (Wildman–Crippen MR) is 95.9 cm³/mol. The van der Waals surface area contributed by atoms with E-state index >= 15 is 0 Å². The van der Waals surface area contributed by atoms with Crippen molar-refractivity contribution >= 4 is 15.9 Å². The van der Waals surface area contributed by atoms with E-state index in [0.29, 0.717) is 17.5 Å². The standard InChI is InChI=1S/C17H19FN4O3S/c1-26(24,25)15-5-2-13(3-6-15)14-4-7-16(20)22(11-14)17(23)21-10-12(8-18)9-19/h2-8,11,20H,9-10,19H2,1H3,(H,21,23)/b12-8+,20-16?. The van der Waals surface area contributed by atoms with Crippen molar-refractivity contribution in [2.24, 2.45) is 5.73 Å². The number of hydrogen-bond donors (Lipinski definition) is 3. The number of hydrogen-bond acceptors (Lipinski definition) is 5. The Labute approximate surface area is 150 Å². The molecule has 0 radical (unpaired) electrons. The van der Waals surface area contributed by atoms with Gasteiger partial charge in [-0.1, -0.05) is 12.1 Å². The van der Waals surface area contributed by atoms with Crippen molar-refractivity contribution in [2.75, 3.05) is 19.3 Å². The minimum atomic E-state index is -3.30. The number of aromatic nitrogens is 1. The first-order valence-corrected chi connectivity index (χ1v) is 9.49. The summed E-state index contributed by atoms with van der Waals surface area (Å²) in [6.45, 7) is -0.0898. The summed E-state index contributed by atoms with van der Waals surface area (Å²) in [5.41, 5.74) is 6.80. The van der Waals surface area contributed by atoms with E-state index < -0.39 is 15.9 Å². The normalized spacial score (nSPS) is 12.0. The first-order chi connectivity index (χ1) is 12.3. The minimum Gasteiger partial charge on any atom is -0.333 e. The van der Waals surface area contributed by atoms with Crippen LogP contribution in [0.3, 0.4) is 0 Å². The molecule has 1 heterocycles. The van der Waals surface area contributed by atoms with Gasteiger partial charge in [0.05, 0.1) is 11.2 Å². The molecule has 0 atom stereocenters. The molecule has 0 saturated carbocycles. The van der Waals surface area contributed by atoms with E-state index in [2.05, 4.69) is 5.32 Å². The van der Waals surface area contributed by atoms with Crippen molar-refractivity contribution in [1.29, 1.82) is 5.41 Å². The lowest BCUT2D eigenvalue weighted by Crippen LogP contribution is -2.37. The monoisotopic (exact) mass is 378 g/mol. The van der Waals surface area contributed by atoms with Gasteiger partial charge in [-0.25, -0.2) is 17.6 Å². The molecule has 1 aromatic carbocycles. The van der Waals surface area contributed by atoms with Crippen LogP contribution in [0.4, 0.5) is 9.18 Å². The second-order valence-corrected chi connectivity index (χ2v) is 7.62. The molecule has 9 heteroatoms. The van der Waals surface area contributed by atoms with Crippen LogP contribution in [0.1, 0.15) is 0 Å². The van der Waals surface area contributed by atoms with Crippen LogP contribution in [-0.2, 0) is 9.84 Å². The molecule has 1 aromatic heterocycles. The second-order valence-electron chi connectivity index (χ2n) is 5.60. The topological polar surface area (TPSA) is 118 Å². The van der Waals surface area contributed by atoms with Gasteiger partial charge in [0.2, 0.25) is 0 Å². The Morgan fingerprint density at radius 3 is 2.38 bits per heavy atom. The molecule has 0 aliphatic heterocycles. The Hall–Kier alpha value is -2.78. The van der Waals surface area contributed by atoms with E-state index in [0.717, 1.165) is 10.8 Å². The summed E-state index contributed by atoms with van der Waals surface area (Å²) >= 11 is 0. The third-order valence-electron chi connectivity index (χ3n) is 3.67. The highest BCUT2D eigenvalue weighted by atomic mass is 32.2. The van der Waals surface area contributed by atoms with E-state index in [1.54, 1.807) is 18.2 Å². The number of carbonyl (C=O) groups is 1. The molecule has 4 N–H and O–H groups in total. The van der Waals surface area contributed by atoms with Crippen LogP contribution < -0.4 is 16.5 Å². The van der Waals surface area contributed by atoms with Crippen molar-refractivity contribution in [3.63, 3.8) is 0 Å². The zero-order valence-electron chi connectivity index (χ0n) is 14.1. The van der Waals surface area contributed by atoms with E-state index in [1.165, 1.54) is 24.4 Å². The van der Waals surface area contributed by atoms with E-state index in [1.807, 2.05) is 0 Å². The largest absolute Gasteiger partial charge is 0.333 e. The minimum absolute atomic E-state index is 0.0259. The number of pyridine rings is 1. The third-order valence-corrected chi connectivity index (χ3v) is 4.79. The third kappa shape index (κ3) is 4.64. The van der Waals surface area contributed by atoms with Crippen LogP contribution >= 0.6 is 0 Å². The van der Waals surface area contributed by atoms with Gasteiger partial charge in [0.1, 0.15) is 5.49 Å². The van der Waals surface area contributed by atoms with Crippen LogP contribution in [0.25, 0.3) is 11.1 Å². The predicted octanol–water partition coefficient (Wildman–Crippen LogP) is 1.41. The summed E-state index contributed by atoms with van der Waals surface area (Å²) in [4.78, 5) is 12.4. The van der Waals surface area contributed by atoms with E-state index in [4.69, 9.17) is 11.1 Å². The smallest absolute Gasteiger partial charge is 0.327 e. The van der Waals surface area contributed by atoms with Crippen molar-refractivity contribution in [1.82, 2.24) is 9.88 Å². The van der Waals surface area contributed by atoms with Gasteiger partial charge in [0, 0.05) is 25.5 Å². The highest BCUT2D eigenvalue weighted by molar-refractivity contribution is 7.90. The number of nitrogens with zero attached hydrogens (tertiary/aromatic N) is 1. The molecule has 1 amide bonds. The summed E-state index contributed by atoms with van der Waals surface area (Å²) in [6.07, 6.45) is 2.91. The Bertz CT molecular complexity index is 995. The SMILES string of the molecule is CS(=O)(=O)c1ccc(-c2ccc(=N)n(C(=O)NC/C(=C/F)CN)c2)cc1. The maximum atomic E-state index is 12.5. The van der Waals surface area contributed by atoms with E-state index in [-0.39, 0.29) is 29.0 Å². The van der Waals surface area contributed by atoms with Gasteiger partial charge in [-0.3, -0.25) is 9.98 Å². The van der Waals surface area contributed by atoms with E-state index in [9.17, 15) is 17.6 Å². The fourth-order valence-electron chi connectivity index (χ4n) is 2.16. The lowest BCUT2D eigenvalue weighted by atomic mass is 10.1. The van der Waals surface area contributed by atoms with Gasteiger partial charge < -0.3 is 11.1 Å². The number of sulfone groups is 1. The molecule has 7 nitrogen and oxygen atoms in total. The summed E-state index contributed by atoms with van der Waals surface area (Å²) in [5, 5.41) is 10.3. The number of carbonyl (C=O) groups excluding carboxylic acids is 1. The average molecular weight is 378 g/mol. The zero-order chi connectivity index (χ0) is 19.3. The molecule has 0 bridgehead atoms. The van der Waals surface area contributed by atoms with Gasteiger partial charge in [0.15, 0.2) is 9.84 Å². The van der Waals surface area contributed by atoms with Crippen molar-refractivity contribution in [2.45, 2.75) is 4.90 Å². The molecular weight excluding hydrogens is 359 g/mol. The van der Waals surface area contributed by atoms with Crippen LogP contribution in [0.5, 0.6) is 0 Å². The Morgan fingerprint density at radius 1 is 1.23 bits per heavy atom. The molecule has 0 spiro atoms. The van der Waals surface area contributed by atoms with Crippen molar-refractivity contribution < 1.29 is 17.6 Å². The van der Waals surface area contributed by atoms with Crippen LogP contribution in [0.15, 0.2) is 59.4 Å². The van der Waals surface area contributed by atoms with Gasteiger partial charge in [0.25, 0.3) is 0 Å². The van der Waals surface area contributed by atoms with Crippen LogP contribution in [0.2, 0.25) is 0 Å². The Kier molecular flexibility index (Phi) is 6.06. The lowest BCUT2D eigenvalue weighted by molar-refractivity contribution is 0.242. The van der Waals surface area contributed by atoms with Crippen LogP contribution in [0, 0.1) is 5.41 Å². The van der Waals surface area contributed by atoms with Gasteiger partial charge in [-0.05, 0) is 41.0 Å². The quantitative estimate of drug-likeness (QED) is 0.729. The fraction of sp³-hybridized carbons (Fsp3) is 0.176. The highest BCUT2D eigenvalue weighted by Gasteiger charge is 2.10. The van der Waals surface area contributed by atoms with Crippen LogP contribution in [-0.4, -0.2) is 38.4 Å². The number of benzene rings is 1. The maximum absolute atomic E-state index is 12.5. The summed E-state index contributed by atoms with van der Waals surface area (Å²) < 4.78 is 36.6. The zero-order valence-corrected chi connectivity index (χ0v) is 14.9. The Morgan fingerprint density at radius 2 is 1.85 bits per heavy atom. The highest BCUT2D eigenvalue weighted by Crippen LogP contribution is 2.20. The summed E-state index contributed by atoms with van der Waals surface area (Å²) in [7, 11) is -3.30. The molecule has 0 aliphatic rings. The number of halogens is 1. The first-order valence-electron chi connectivity index (χ1n) is 7.60. The van der Waals surface area contributed by atoms with Gasteiger partial charge >= 0.3 is 6.03 Å². The molecular formula is C17H19FN4O3S. The first kappa shape index (κ1) is 19.5. The molecule has 2 rings (SSSR count).